The van der Waals surface area contributed by atoms with Crippen molar-refractivity contribution in [2.75, 3.05) is 5.32 Å². The van der Waals surface area contributed by atoms with Crippen LogP contribution in [-0.2, 0) is 0 Å². The molecule has 0 aliphatic heterocycles. The third kappa shape index (κ3) is 4.13. The fourth-order valence-corrected chi connectivity index (χ4v) is 4.11. The molecule has 1 saturated carbocycles. The van der Waals surface area contributed by atoms with Crippen LogP contribution in [0.3, 0.4) is 0 Å². The Hall–Kier alpha value is -0.280. The van der Waals surface area contributed by atoms with Crippen LogP contribution in [0.15, 0.2) is 16.6 Å². The van der Waals surface area contributed by atoms with E-state index in [1.165, 1.54) is 31.4 Å². The van der Waals surface area contributed by atoms with Crippen molar-refractivity contribution in [2.24, 2.45) is 11.3 Å². The van der Waals surface area contributed by atoms with E-state index in [-0.39, 0.29) is 5.82 Å². The molecule has 0 spiro atoms. The van der Waals surface area contributed by atoms with E-state index in [9.17, 15) is 4.39 Å². The minimum absolute atomic E-state index is 0.314. The number of anilines is 1. The van der Waals surface area contributed by atoms with Gasteiger partial charge in [-0.3, -0.25) is 0 Å². The summed E-state index contributed by atoms with van der Waals surface area (Å²) in [6, 6.07) is 3.24. The molecule has 1 aliphatic rings. The molecule has 0 heterocycles. The van der Waals surface area contributed by atoms with Crippen LogP contribution in [0.4, 0.5) is 10.1 Å². The number of rotatable bonds is 4. The van der Waals surface area contributed by atoms with Crippen molar-refractivity contribution >= 4 is 33.2 Å². The highest BCUT2D eigenvalue weighted by Gasteiger charge is 2.32. The van der Waals surface area contributed by atoms with Crippen molar-refractivity contribution in [1.29, 1.82) is 0 Å². The molecule has 1 nitrogen and oxygen atoms in total. The van der Waals surface area contributed by atoms with Gasteiger partial charge in [0.1, 0.15) is 5.82 Å². The number of halogens is 3. The molecule has 0 aromatic heterocycles. The first-order chi connectivity index (χ1) is 9.83. The van der Waals surface area contributed by atoms with Gasteiger partial charge >= 0.3 is 0 Å². The minimum Gasteiger partial charge on any atom is -0.380 e. The summed E-state index contributed by atoms with van der Waals surface area (Å²) in [6.07, 6.45) is 6.01. The monoisotopic (exact) mass is 375 g/mol. The fraction of sp³-hybridized carbons (Fsp3) is 0.647. The first-order valence-corrected chi connectivity index (χ1v) is 8.91. The average molecular weight is 377 g/mol. The second kappa shape index (κ2) is 6.87. The van der Waals surface area contributed by atoms with Gasteiger partial charge < -0.3 is 5.32 Å². The molecule has 0 saturated heterocycles. The summed E-state index contributed by atoms with van der Waals surface area (Å²) < 4.78 is 14.0. The summed E-state index contributed by atoms with van der Waals surface area (Å²) in [4.78, 5) is 0. The van der Waals surface area contributed by atoms with Gasteiger partial charge in [-0.2, -0.15) is 0 Å². The van der Waals surface area contributed by atoms with Crippen LogP contribution in [-0.4, -0.2) is 6.04 Å². The van der Waals surface area contributed by atoms with Crippen LogP contribution < -0.4 is 5.32 Å². The maximum absolute atomic E-state index is 13.3. The van der Waals surface area contributed by atoms with Crippen LogP contribution in [0.2, 0.25) is 5.02 Å². The van der Waals surface area contributed by atoms with Crippen molar-refractivity contribution in [2.45, 2.75) is 58.9 Å². The third-order valence-electron chi connectivity index (χ3n) is 5.10. The van der Waals surface area contributed by atoms with Crippen LogP contribution in [0.1, 0.15) is 52.9 Å². The number of hydrogen-bond donors (Lipinski definition) is 1. The van der Waals surface area contributed by atoms with Gasteiger partial charge in [0.25, 0.3) is 0 Å². The highest BCUT2D eigenvalue weighted by Crippen LogP contribution is 2.42. The van der Waals surface area contributed by atoms with E-state index in [4.69, 9.17) is 11.6 Å². The summed E-state index contributed by atoms with van der Waals surface area (Å²) in [5.41, 5.74) is 1.25. The Morgan fingerprint density at radius 1 is 1.29 bits per heavy atom. The molecular formula is C17H24BrClFN. The van der Waals surface area contributed by atoms with Crippen molar-refractivity contribution in [1.82, 2.24) is 0 Å². The maximum Gasteiger partial charge on any atom is 0.125 e. The molecule has 21 heavy (non-hydrogen) atoms. The molecule has 0 atom stereocenters. The van der Waals surface area contributed by atoms with Crippen molar-refractivity contribution in [3.8, 4) is 0 Å². The lowest BCUT2D eigenvalue weighted by molar-refractivity contribution is 0.147. The van der Waals surface area contributed by atoms with E-state index in [0.29, 0.717) is 21.0 Å². The van der Waals surface area contributed by atoms with Crippen LogP contribution in [0, 0.1) is 17.2 Å². The van der Waals surface area contributed by atoms with E-state index >= 15 is 0 Å². The fourth-order valence-electron chi connectivity index (χ4n) is 3.19. The van der Waals surface area contributed by atoms with Gasteiger partial charge in [0.2, 0.25) is 0 Å². The molecule has 1 aromatic rings. The van der Waals surface area contributed by atoms with Gasteiger partial charge in [0, 0.05) is 10.5 Å². The quantitative estimate of drug-likeness (QED) is 0.620. The lowest BCUT2D eigenvalue weighted by atomic mass is 9.69. The molecule has 1 N–H and O–H groups in total. The molecule has 1 aromatic carbocycles. The molecule has 4 heteroatoms. The second-order valence-electron chi connectivity index (χ2n) is 6.78. The summed E-state index contributed by atoms with van der Waals surface area (Å²) in [7, 11) is 0. The Balaban J connectivity index is 1.98. The Bertz CT molecular complexity index is 473. The molecule has 118 valence electrons. The lowest BCUT2D eigenvalue weighted by Crippen LogP contribution is -2.32. The first-order valence-electron chi connectivity index (χ1n) is 7.74. The van der Waals surface area contributed by atoms with Gasteiger partial charge in [-0.15, -0.1) is 0 Å². The molecular weight excluding hydrogens is 353 g/mol. The molecule has 0 radical (unpaired) electrons. The molecule has 0 amide bonds. The zero-order valence-corrected chi connectivity index (χ0v) is 15.3. The Labute approximate surface area is 140 Å². The normalized spacial score (nSPS) is 23.1. The van der Waals surface area contributed by atoms with E-state index in [2.05, 4.69) is 42.0 Å². The van der Waals surface area contributed by atoms with E-state index < -0.39 is 0 Å². The minimum atomic E-state index is -0.314. The molecule has 0 unspecified atom stereocenters. The lowest BCUT2D eigenvalue weighted by Gasteiger charge is -2.39. The summed E-state index contributed by atoms with van der Waals surface area (Å²) in [5, 5.41) is 3.93. The summed E-state index contributed by atoms with van der Waals surface area (Å²) in [5.74, 6) is 0.485. The topological polar surface area (TPSA) is 12.0 Å². The molecule has 0 bridgehead atoms. The second-order valence-corrected chi connectivity index (χ2v) is 8.04. The van der Waals surface area contributed by atoms with E-state index in [0.717, 1.165) is 24.4 Å². The Morgan fingerprint density at radius 2 is 1.90 bits per heavy atom. The predicted molar refractivity (Wildman–Crippen MR) is 92.6 cm³/mol. The van der Waals surface area contributed by atoms with Crippen LogP contribution in [0.5, 0.6) is 0 Å². The molecule has 1 aliphatic carbocycles. The highest BCUT2D eigenvalue weighted by atomic mass is 79.9. The first kappa shape index (κ1) is 17.1. The van der Waals surface area contributed by atoms with Crippen molar-refractivity contribution in [3.05, 3.63) is 27.4 Å². The zero-order valence-electron chi connectivity index (χ0n) is 13.0. The van der Waals surface area contributed by atoms with E-state index in [1.54, 1.807) is 0 Å². The number of nitrogens with one attached hydrogen (secondary N) is 1. The largest absolute Gasteiger partial charge is 0.380 e. The van der Waals surface area contributed by atoms with Gasteiger partial charge in [-0.1, -0.05) is 38.8 Å². The van der Waals surface area contributed by atoms with Crippen molar-refractivity contribution in [3.63, 3.8) is 0 Å². The molecule has 2 rings (SSSR count). The number of hydrogen-bond acceptors (Lipinski definition) is 1. The van der Waals surface area contributed by atoms with Gasteiger partial charge in [0.05, 0.1) is 10.7 Å². The van der Waals surface area contributed by atoms with Gasteiger partial charge in [-0.05, 0) is 65.1 Å². The smallest absolute Gasteiger partial charge is 0.125 e. The van der Waals surface area contributed by atoms with Crippen molar-refractivity contribution < 1.29 is 4.39 Å². The maximum atomic E-state index is 13.3. The standard InChI is InChI=1S/C17H24BrClFN/c1-4-17(2,3)11-5-7-13(8-6-11)21-16-14(18)9-12(20)10-15(16)19/h9-11,13,21H,4-8H2,1-3H3. The predicted octanol–water partition coefficient (Wildman–Crippen LogP) is 6.65. The summed E-state index contributed by atoms with van der Waals surface area (Å²) >= 11 is 9.54. The average Bonchev–Trinajstić information content (AvgIpc) is 2.43. The third-order valence-corrected chi connectivity index (χ3v) is 6.02. The highest BCUT2D eigenvalue weighted by molar-refractivity contribution is 9.10. The number of benzene rings is 1. The van der Waals surface area contributed by atoms with Crippen LogP contribution >= 0.6 is 27.5 Å². The Kier molecular flexibility index (Phi) is 5.59. The van der Waals surface area contributed by atoms with E-state index in [1.807, 2.05) is 0 Å². The molecule has 1 fully saturated rings. The Morgan fingerprint density at radius 3 is 2.43 bits per heavy atom. The van der Waals surface area contributed by atoms with Crippen LogP contribution in [0.25, 0.3) is 0 Å². The van der Waals surface area contributed by atoms with Gasteiger partial charge in [0.15, 0.2) is 0 Å². The summed E-state index contributed by atoms with van der Waals surface area (Å²) in [6.45, 7) is 7.03. The zero-order chi connectivity index (χ0) is 15.6. The van der Waals surface area contributed by atoms with Gasteiger partial charge in [-0.25, -0.2) is 4.39 Å². The SMILES string of the molecule is CCC(C)(C)C1CCC(Nc2c(Cl)cc(F)cc2Br)CC1.